The summed E-state index contributed by atoms with van der Waals surface area (Å²) < 4.78 is 5.37. The monoisotopic (exact) mass is 332 g/mol. The van der Waals surface area contributed by atoms with Crippen molar-refractivity contribution in [2.45, 2.75) is 71.2 Å². The molecule has 0 aromatic heterocycles. The first-order valence-corrected chi connectivity index (χ1v) is 11.7. The van der Waals surface area contributed by atoms with Crippen molar-refractivity contribution in [3.8, 4) is 0 Å². The Bertz CT molecular complexity index is 512. The van der Waals surface area contributed by atoms with Crippen LogP contribution in [-0.4, -0.2) is 19.6 Å². The summed E-state index contributed by atoms with van der Waals surface area (Å²) in [7, 11) is -1.59. The van der Waals surface area contributed by atoms with Gasteiger partial charge in [-0.3, -0.25) is 4.79 Å². The SMILES string of the molecule is CCCC(/C=C\CC(=O)OC(C)(C)C)[Si](C)(C)c1ccccc1. The third kappa shape index (κ3) is 6.74. The van der Waals surface area contributed by atoms with E-state index in [1.807, 2.05) is 26.8 Å². The van der Waals surface area contributed by atoms with Crippen LogP contribution in [0, 0.1) is 0 Å². The normalized spacial score (nSPS) is 14.0. The van der Waals surface area contributed by atoms with Gasteiger partial charge >= 0.3 is 5.97 Å². The first kappa shape index (κ1) is 19.7. The van der Waals surface area contributed by atoms with Gasteiger partial charge in [0, 0.05) is 0 Å². The highest BCUT2D eigenvalue weighted by Gasteiger charge is 2.31. The standard InChI is InChI=1S/C20H32O2Si/c1-7-12-17(15-11-16-19(21)22-20(2,3)4)23(5,6)18-13-9-8-10-14-18/h8-11,13-15,17H,7,12,16H2,1-6H3/b15-11-. The van der Waals surface area contributed by atoms with E-state index in [0.717, 1.165) is 6.42 Å². The van der Waals surface area contributed by atoms with Crippen LogP contribution in [0.15, 0.2) is 42.5 Å². The average molecular weight is 333 g/mol. The molecule has 23 heavy (non-hydrogen) atoms. The van der Waals surface area contributed by atoms with E-state index in [1.54, 1.807) is 0 Å². The maximum absolute atomic E-state index is 11.9. The number of ether oxygens (including phenoxy) is 1. The summed E-state index contributed by atoms with van der Waals surface area (Å²) in [6, 6.07) is 10.8. The molecule has 0 aliphatic heterocycles. The van der Waals surface area contributed by atoms with Gasteiger partial charge in [0.15, 0.2) is 0 Å². The molecule has 1 atom stereocenters. The maximum Gasteiger partial charge on any atom is 0.310 e. The molecule has 128 valence electrons. The lowest BCUT2D eigenvalue weighted by atomic mass is 10.2. The summed E-state index contributed by atoms with van der Waals surface area (Å²) in [5, 5.41) is 1.47. The highest BCUT2D eigenvalue weighted by molar-refractivity contribution is 6.91. The van der Waals surface area contributed by atoms with Gasteiger partial charge in [-0.1, -0.05) is 74.1 Å². The van der Waals surface area contributed by atoms with Crippen molar-refractivity contribution in [1.82, 2.24) is 0 Å². The molecule has 0 N–H and O–H groups in total. The van der Waals surface area contributed by atoms with E-state index in [0.29, 0.717) is 12.0 Å². The van der Waals surface area contributed by atoms with E-state index >= 15 is 0 Å². The summed E-state index contributed by atoms with van der Waals surface area (Å²) >= 11 is 0. The van der Waals surface area contributed by atoms with E-state index in [4.69, 9.17) is 4.74 Å². The molecule has 0 bridgehead atoms. The fraction of sp³-hybridized carbons (Fsp3) is 0.550. The maximum atomic E-state index is 11.9. The minimum Gasteiger partial charge on any atom is -0.460 e. The van der Waals surface area contributed by atoms with E-state index in [9.17, 15) is 4.79 Å². The topological polar surface area (TPSA) is 26.3 Å². The van der Waals surface area contributed by atoms with Crippen molar-refractivity contribution in [1.29, 1.82) is 0 Å². The highest BCUT2D eigenvalue weighted by Crippen LogP contribution is 2.28. The number of hydrogen-bond acceptors (Lipinski definition) is 2. The first-order valence-electron chi connectivity index (χ1n) is 8.61. The molecular weight excluding hydrogens is 300 g/mol. The van der Waals surface area contributed by atoms with Crippen LogP contribution in [-0.2, 0) is 9.53 Å². The van der Waals surface area contributed by atoms with Gasteiger partial charge in [0.25, 0.3) is 0 Å². The number of benzene rings is 1. The van der Waals surface area contributed by atoms with Gasteiger partial charge in [-0.15, -0.1) is 0 Å². The van der Waals surface area contributed by atoms with Crippen LogP contribution in [0.2, 0.25) is 18.6 Å². The number of esters is 1. The van der Waals surface area contributed by atoms with Crippen LogP contribution in [0.3, 0.4) is 0 Å². The quantitative estimate of drug-likeness (QED) is 0.396. The van der Waals surface area contributed by atoms with Crippen molar-refractivity contribution >= 4 is 19.2 Å². The average Bonchev–Trinajstić information content (AvgIpc) is 2.45. The Kier molecular flexibility index (Phi) is 7.27. The molecule has 0 saturated heterocycles. The largest absolute Gasteiger partial charge is 0.460 e. The summed E-state index contributed by atoms with van der Waals surface area (Å²) in [5.41, 5.74) is 0.128. The van der Waals surface area contributed by atoms with Crippen LogP contribution >= 0.6 is 0 Å². The zero-order valence-corrected chi connectivity index (χ0v) is 16.6. The third-order valence-electron chi connectivity index (χ3n) is 4.12. The molecular formula is C20H32O2Si. The number of allylic oxidation sites excluding steroid dienone is 1. The van der Waals surface area contributed by atoms with Crippen molar-refractivity contribution in [2.24, 2.45) is 0 Å². The molecule has 0 spiro atoms. The van der Waals surface area contributed by atoms with Gasteiger partial charge < -0.3 is 4.74 Å². The summed E-state index contributed by atoms with van der Waals surface area (Å²) in [6.45, 7) is 12.8. The van der Waals surface area contributed by atoms with Gasteiger partial charge in [0.1, 0.15) is 5.60 Å². The van der Waals surface area contributed by atoms with Crippen molar-refractivity contribution in [3.63, 3.8) is 0 Å². The first-order chi connectivity index (χ1) is 10.7. The molecule has 1 rings (SSSR count). The lowest BCUT2D eigenvalue weighted by molar-refractivity contribution is -0.153. The third-order valence-corrected chi connectivity index (χ3v) is 8.27. The second kappa shape index (κ2) is 8.49. The Balaban J connectivity index is 2.78. The molecule has 3 heteroatoms. The number of hydrogen-bond donors (Lipinski definition) is 0. The molecule has 1 unspecified atom stereocenters. The fourth-order valence-corrected chi connectivity index (χ4v) is 5.91. The summed E-state index contributed by atoms with van der Waals surface area (Å²) in [4.78, 5) is 11.9. The Hall–Kier alpha value is -1.35. The van der Waals surface area contributed by atoms with E-state index in [2.05, 4.69) is 56.4 Å². The second-order valence-electron chi connectivity index (χ2n) is 7.70. The Morgan fingerprint density at radius 3 is 2.35 bits per heavy atom. The molecule has 0 amide bonds. The molecule has 2 nitrogen and oxygen atoms in total. The summed E-state index contributed by atoms with van der Waals surface area (Å²) in [5.74, 6) is -0.150. The van der Waals surface area contributed by atoms with Gasteiger partial charge in [0.05, 0.1) is 14.5 Å². The van der Waals surface area contributed by atoms with Crippen LogP contribution in [0.4, 0.5) is 0 Å². The molecule has 0 aliphatic carbocycles. The number of rotatable bonds is 7. The Morgan fingerprint density at radius 1 is 1.22 bits per heavy atom. The van der Waals surface area contributed by atoms with E-state index < -0.39 is 13.7 Å². The number of carbonyl (C=O) groups is 1. The summed E-state index contributed by atoms with van der Waals surface area (Å²) in [6.07, 6.45) is 6.94. The highest BCUT2D eigenvalue weighted by atomic mass is 28.3. The molecule has 1 aromatic rings. The van der Waals surface area contributed by atoms with Crippen LogP contribution < -0.4 is 5.19 Å². The Labute approximate surface area is 143 Å². The Morgan fingerprint density at radius 2 is 1.83 bits per heavy atom. The van der Waals surface area contributed by atoms with Gasteiger partial charge in [0.2, 0.25) is 0 Å². The lowest BCUT2D eigenvalue weighted by Gasteiger charge is -2.31. The van der Waals surface area contributed by atoms with Gasteiger partial charge in [-0.25, -0.2) is 0 Å². The number of carbonyl (C=O) groups excluding carboxylic acids is 1. The van der Waals surface area contributed by atoms with Gasteiger partial charge in [-0.2, -0.15) is 0 Å². The van der Waals surface area contributed by atoms with Crippen LogP contribution in [0.25, 0.3) is 0 Å². The minimum absolute atomic E-state index is 0.150. The fourth-order valence-electron chi connectivity index (χ4n) is 2.80. The van der Waals surface area contributed by atoms with Crippen molar-refractivity contribution in [2.75, 3.05) is 0 Å². The molecule has 1 aromatic carbocycles. The zero-order valence-electron chi connectivity index (χ0n) is 15.6. The lowest BCUT2D eigenvalue weighted by Crippen LogP contribution is -2.45. The molecule has 0 radical (unpaired) electrons. The molecule has 0 fully saturated rings. The molecule has 0 saturated carbocycles. The predicted octanol–water partition coefficient (Wildman–Crippen LogP) is 5.06. The second-order valence-corrected chi connectivity index (χ2v) is 12.5. The molecule has 0 heterocycles. The van der Waals surface area contributed by atoms with E-state index in [-0.39, 0.29) is 5.97 Å². The van der Waals surface area contributed by atoms with Gasteiger partial charge in [-0.05, 0) is 32.7 Å². The smallest absolute Gasteiger partial charge is 0.310 e. The minimum atomic E-state index is -1.59. The van der Waals surface area contributed by atoms with Crippen molar-refractivity contribution < 1.29 is 9.53 Å². The predicted molar refractivity (Wildman–Crippen MR) is 102 cm³/mol. The zero-order chi connectivity index (χ0) is 17.5. The van der Waals surface area contributed by atoms with Crippen LogP contribution in [0.1, 0.15) is 47.0 Å². The van der Waals surface area contributed by atoms with E-state index in [1.165, 1.54) is 11.6 Å². The van der Waals surface area contributed by atoms with Crippen LogP contribution in [0.5, 0.6) is 0 Å². The van der Waals surface area contributed by atoms with Crippen molar-refractivity contribution in [3.05, 3.63) is 42.5 Å². The molecule has 0 aliphatic rings.